The molecule has 0 saturated carbocycles. The van der Waals surface area contributed by atoms with Crippen LogP contribution in [0.5, 0.6) is 0 Å². The Balaban J connectivity index is 2.10. The lowest BCUT2D eigenvalue weighted by Gasteiger charge is -2.10. The minimum Gasteiger partial charge on any atom is -0.466 e. The number of para-hydroxylation sites is 2. The predicted octanol–water partition coefficient (Wildman–Crippen LogP) is 1.76. The predicted molar refractivity (Wildman–Crippen MR) is 73.4 cm³/mol. The molecule has 6 heteroatoms. The fourth-order valence-electron chi connectivity index (χ4n) is 1.73. The van der Waals surface area contributed by atoms with E-state index in [0.29, 0.717) is 5.69 Å². The number of benzene rings is 1. The summed E-state index contributed by atoms with van der Waals surface area (Å²) in [7, 11) is 0. The smallest absolute Gasteiger partial charge is 0.315 e. The molecule has 0 fully saturated rings. The number of hydrogen-bond acceptors (Lipinski definition) is 4. The van der Waals surface area contributed by atoms with Crippen LogP contribution in [0, 0.1) is 0 Å². The minimum atomic E-state index is -0.540. The second kappa shape index (κ2) is 6.51. The first-order valence-electron chi connectivity index (χ1n) is 6.25. The quantitative estimate of drug-likeness (QED) is 0.665. The molecule has 0 spiro atoms. The van der Waals surface area contributed by atoms with Gasteiger partial charge in [-0.1, -0.05) is 12.1 Å². The highest BCUT2D eigenvalue weighted by Crippen LogP contribution is 2.19. The number of hydrogen-bond donors (Lipinski definition) is 1. The Morgan fingerprint density at radius 3 is 2.80 bits per heavy atom. The molecule has 104 valence electrons. The van der Waals surface area contributed by atoms with E-state index in [1.807, 2.05) is 12.1 Å². The van der Waals surface area contributed by atoms with Crippen LogP contribution >= 0.6 is 0 Å². The number of nitrogens with one attached hydrogen (secondary N) is 1. The second-order valence-electron chi connectivity index (χ2n) is 4.00. The Labute approximate surface area is 116 Å². The van der Waals surface area contributed by atoms with Crippen molar-refractivity contribution in [2.45, 2.75) is 13.3 Å². The highest BCUT2D eigenvalue weighted by molar-refractivity contribution is 6.02. The summed E-state index contributed by atoms with van der Waals surface area (Å²) in [5, 5.41) is 6.81. The van der Waals surface area contributed by atoms with Gasteiger partial charge in [0.1, 0.15) is 6.42 Å². The Hall–Kier alpha value is -2.63. The van der Waals surface area contributed by atoms with E-state index in [2.05, 4.69) is 10.4 Å². The molecule has 0 saturated heterocycles. The van der Waals surface area contributed by atoms with Gasteiger partial charge < -0.3 is 10.1 Å². The van der Waals surface area contributed by atoms with Crippen molar-refractivity contribution in [2.75, 3.05) is 11.9 Å². The summed E-state index contributed by atoms with van der Waals surface area (Å²) in [5.74, 6) is -0.954. The molecular weight excluding hydrogens is 258 g/mol. The first kappa shape index (κ1) is 13.8. The highest BCUT2D eigenvalue weighted by atomic mass is 16.5. The van der Waals surface area contributed by atoms with Crippen LogP contribution in [0.4, 0.5) is 5.69 Å². The van der Waals surface area contributed by atoms with Gasteiger partial charge in [0.05, 0.1) is 18.0 Å². The number of esters is 1. The number of carbonyl (C=O) groups is 2. The van der Waals surface area contributed by atoms with Gasteiger partial charge in [-0.2, -0.15) is 5.10 Å². The molecule has 1 N–H and O–H groups in total. The standard InChI is InChI=1S/C14H15N3O3/c1-2-20-14(19)10-13(18)16-11-6-3-4-7-12(11)17-9-5-8-15-17/h3-9H,2,10H2,1H3,(H,16,18). The van der Waals surface area contributed by atoms with E-state index in [0.717, 1.165) is 5.69 Å². The number of nitrogens with zero attached hydrogens (tertiary/aromatic N) is 2. The number of amides is 1. The van der Waals surface area contributed by atoms with E-state index in [9.17, 15) is 9.59 Å². The molecule has 0 aliphatic carbocycles. The lowest BCUT2D eigenvalue weighted by molar-refractivity contribution is -0.145. The molecule has 0 aliphatic rings. The third-order valence-corrected chi connectivity index (χ3v) is 2.54. The third-order valence-electron chi connectivity index (χ3n) is 2.54. The molecule has 20 heavy (non-hydrogen) atoms. The monoisotopic (exact) mass is 273 g/mol. The summed E-state index contributed by atoms with van der Waals surface area (Å²) >= 11 is 0. The van der Waals surface area contributed by atoms with Crippen molar-refractivity contribution in [3.8, 4) is 5.69 Å². The molecule has 6 nitrogen and oxygen atoms in total. The summed E-state index contributed by atoms with van der Waals surface area (Å²) in [4.78, 5) is 23.0. The Morgan fingerprint density at radius 1 is 1.30 bits per heavy atom. The van der Waals surface area contributed by atoms with E-state index in [-0.39, 0.29) is 13.0 Å². The number of anilines is 1. The maximum atomic E-state index is 11.8. The van der Waals surface area contributed by atoms with Gasteiger partial charge in [0, 0.05) is 12.4 Å². The molecule has 2 rings (SSSR count). The lowest BCUT2D eigenvalue weighted by atomic mass is 10.2. The molecular formula is C14H15N3O3. The molecule has 1 aromatic carbocycles. The van der Waals surface area contributed by atoms with Gasteiger partial charge in [-0.15, -0.1) is 0 Å². The summed E-state index contributed by atoms with van der Waals surface area (Å²) in [6, 6.07) is 9.01. The van der Waals surface area contributed by atoms with E-state index in [4.69, 9.17) is 4.74 Å². The lowest BCUT2D eigenvalue weighted by Crippen LogP contribution is -2.19. The molecule has 0 unspecified atom stereocenters. The molecule has 0 aliphatic heterocycles. The fourth-order valence-corrected chi connectivity index (χ4v) is 1.73. The summed E-state index contributed by atoms with van der Waals surface area (Å²) < 4.78 is 6.37. The van der Waals surface area contributed by atoms with Gasteiger partial charge in [-0.3, -0.25) is 9.59 Å². The maximum Gasteiger partial charge on any atom is 0.315 e. The van der Waals surface area contributed by atoms with E-state index < -0.39 is 11.9 Å². The van der Waals surface area contributed by atoms with E-state index in [1.54, 1.807) is 42.2 Å². The van der Waals surface area contributed by atoms with Crippen molar-refractivity contribution in [1.29, 1.82) is 0 Å². The van der Waals surface area contributed by atoms with Gasteiger partial charge in [-0.05, 0) is 25.1 Å². The molecule has 0 radical (unpaired) electrons. The van der Waals surface area contributed by atoms with Crippen LogP contribution in [0.25, 0.3) is 5.69 Å². The first-order valence-corrected chi connectivity index (χ1v) is 6.25. The van der Waals surface area contributed by atoms with Gasteiger partial charge in [0.25, 0.3) is 0 Å². The molecule has 1 aromatic heterocycles. The number of aromatic nitrogens is 2. The van der Waals surface area contributed by atoms with Crippen molar-refractivity contribution in [3.05, 3.63) is 42.7 Å². The summed E-state index contributed by atoms with van der Waals surface area (Å²) in [6.07, 6.45) is 3.12. The maximum absolute atomic E-state index is 11.8. The average molecular weight is 273 g/mol. The first-order chi connectivity index (χ1) is 9.70. The average Bonchev–Trinajstić information content (AvgIpc) is 2.93. The second-order valence-corrected chi connectivity index (χ2v) is 4.00. The Bertz CT molecular complexity index is 593. The van der Waals surface area contributed by atoms with E-state index in [1.165, 1.54) is 0 Å². The van der Waals surface area contributed by atoms with Gasteiger partial charge in [0.15, 0.2) is 0 Å². The normalized spacial score (nSPS) is 10.1. The van der Waals surface area contributed by atoms with Crippen LogP contribution in [0.2, 0.25) is 0 Å². The van der Waals surface area contributed by atoms with Crippen molar-refractivity contribution >= 4 is 17.6 Å². The highest BCUT2D eigenvalue weighted by Gasteiger charge is 2.12. The van der Waals surface area contributed by atoms with Crippen LogP contribution in [0.1, 0.15) is 13.3 Å². The van der Waals surface area contributed by atoms with Gasteiger partial charge >= 0.3 is 5.97 Å². The summed E-state index contributed by atoms with van der Waals surface area (Å²) in [5.41, 5.74) is 1.32. The van der Waals surface area contributed by atoms with Crippen molar-refractivity contribution in [2.24, 2.45) is 0 Å². The van der Waals surface area contributed by atoms with Crippen LogP contribution in [-0.4, -0.2) is 28.3 Å². The SMILES string of the molecule is CCOC(=O)CC(=O)Nc1ccccc1-n1cccn1. The molecule has 1 heterocycles. The molecule has 2 aromatic rings. The zero-order chi connectivity index (χ0) is 14.4. The van der Waals surface area contributed by atoms with Crippen molar-refractivity contribution in [3.63, 3.8) is 0 Å². The van der Waals surface area contributed by atoms with Gasteiger partial charge in [-0.25, -0.2) is 4.68 Å². The molecule has 0 atom stereocenters. The van der Waals surface area contributed by atoms with Crippen LogP contribution in [0.3, 0.4) is 0 Å². The summed E-state index contributed by atoms with van der Waals surface area (Å²) in [6.45, 7) is 1.96. The van der Waals surface area contributed by atoms with Crippen LogP contribution < -0.4 is 5.32 Å². The third kappa shape index (κ3) is 3.44. The Morgan fingerprint density at radius 2 is 2.10 bits per heavy atom. The zero-order valence-corrected chi connectivity index (χ0v) is 11.1. The van der Waals surface area contributed by atoms with Crippen molar-refractivity contribution in [1.82, 2.24) is 9.78 Å². The van der Waals surface area contributed by atoms with Crippen LogP contribution in [-0.2, 0) is 14.3 Å². The number of ether oxygens (including phenoxy) is 1. The number of rotatable bonds is 5. The largest absolute Gasteiger partial charge is 0.466 e. The van der Waals surface area contributed by atoms with Crippen molar-refractivity contribution < 1.29 is 14.3 Å². The fraction of sp³-hybridized carbons (Fsp3) is 0.214. The van der Waals surface area contributed by atoms with Gasteiger partial charge in [0.2, 0.25) is 5.91 Å². The number of carbonyl (C=O) groups excluding carboxylic acids is 2. The molecule has 0 bridgehead atoms. The van der Waals surface area contributed by atoms with Crippen LogP contribution in [0.15, 0.2) is 42.7 Å². The zero-order valence-electron chi connectivity index (χ0n) is 11.1. The molecule has 1 amide bonds. The Kier molecular flexibility index (Phi) is 4.49. The van der Waals surface area contributed by atoms with E-state index >= 15 is 0 Å². The minimum absolute atomic E-state index is 0.260. The topological polar surface area (TPSA) is 73.2 Å².